The molecule has 0 aliphatic carbocycles. The number of carboxylic acid groups (broad SMARTS) is 1. The Hall–Kier alpha value is -1.99. The van der Waals surface area contributed by atoms with Crippen LogP contribution in [0.2, 0.25) is 0 Å². The zero-order valence-electron chi connectivity index (χ0n) is 11.2. The van der Waals surface area contributed by atoms with Crippen molar-refractivity contribution >= 4 is 29.1 Å². The Morgan fingerprint density at radius 2 is 2.33 bits per heavy atom. The Labute approximate surface area is 125 Å². The van der Waals surface area contributed by atoms with Gasteiger partial charge in [0.2, 0.25) is 0 Å². The number of aromatic nitrogens is 2. The molecule has 0 saturated carbocycles. The van der Waals surface area contributed by atoms with E-state index < -0.39 is 5.97 Å². The molecular weight excluding hydrogens is 292 g/mol. The van der Waals surface area contributed by atoms with Gasteiger partial charge >= 0.3 is 5.97 Å². The third-order valence-electron chi connectivity index (χ3n) is 3.64. The largest absolute Gasteiger partial charge is 0.478 e. The SMILES string of the molecule is O=C(O)c1ccc2c(=O)n(C[C@@H]3CCCO3)c(=S)[nH]c2c1. The van der Waals surface area contributed by atoms with Gasteiger partial charge in [-0.3, -0.25) is 9.36 Å². The Bertz CT molecular complexity index is 818. The Kier molecular flexibility index (Phi) is 3.60. The number of aromatic carboxylic acids is 1. The summed E-state index contributed by atoms with van der Waals surface area (Å²) in [7, 11) is 0. The van der Waals surface area contributed by atoms with E-state index in [9.17, 15) is 9.59 Å². The van der Waals surface area contributed by atoms with Crippen LogP contribution in [0.15, 0.2) is 23.0 Å². The lowest BCUT2D eigenvalue weighted by Crippen LogP contribution is -2.28. The highest BCUT2D eigenvalue weighted by molar-refractivity contribution is 7.71. The summed E-state index contributed by atoms with van der Waals surface area (Å²) in [6.45, 7) is 1.14. The third-order valence-corrected chi connectivity index (χ3v) is 3.96. The van der Waals surface area contributed by atoms with Crippen LogP contribution in [0.1, 0.15) is 23.2 Å². The first kappa shape index (κ1) is 14.0. The molecule has 1 aromatic heterocycles. The summed E-state index contributed by atoms with van der Waals surface area (Å²) in [5, 5.41) is 9.41. The van der Waals surface area contributed by atoms with Gasteiger partial charge < -0.3 is 14.8 Å². The average Bonchev–Trinajstić information content (AvgIpc) is 2.95. The minimum absolute atomic E-state index is 0.00791. The van der Waals surface area contributed by atoms with Gasteiger partial charge in [-0.25, -0.2) is 4.79 Å². The van der Waals surface area contributed by atoms with E-state index in [-0.39, 0.29) is 22.0 Å². The number of hydrogen-bond donors (Lipinski definition) is 2. The van der Waals surface area contributed by atoms with Crippen LogP contribution in [0.25, 0.3) is 10.9 Å². The zero-order valence-corrected chi connectivity index (χ0v) is 12.0. The van der Waals surface area contributed by atoms with Crippen molar-refractivity contribution in [3.63, 3.8) is 0 Å². The van der Waals surface area contributed by atoms with E-state index in [1.165, 1.54) is 22.8 Å². The van der Waals surface area contributed by atoms with Crippen molar-refractivity contribution in [2.24, 2.45) is 0 Å². The molecule has 2 heterocycles. The van der Waals surface area contributed by atoms with Gasteiger partial charge in [-0.1, -0.05) is 0 Å². The van der Waals surface area contributed by atoms with Crippen LogP contribution in [0.5, 0.6) is 0 Å². The molecule has 0 radical (unpaired) electrons. The lowest BCUT2D eigenvalue weighted by atomic mass is 10.1. The van der Waals surface area contributed by atoms with E-state index in [1.54, 1.807) is 0 Å². The molecule has 0 spiro atoms. The molecule has 0 bridgehead atoms. The zero-order chi connectivity index (χ0) is 15.0. The second-order valence-corrected chi connectivity index (χ2v) is 5.43. The van der Waals surface area contributed by atoms with E-state index in [4.69, 9.17) is 22.1 Å². The average molecular weight is 306 g/mol. The molecule has 1 fully saturated rings. The minimum Gasteiger partial charge on any atom is -0.478 e. The fraction of sp³-hybridized carbons (Fsp3) is 0.357. The number of nitrogens with one attached hydrogen (secondary N) is 1. The van der Waals surface area contributed by atoms with Crippen LogP contribution in [0, 0.1) is 4.77 Å². The molecule has 1 atom stereocenters. The Morgan fingerprint density at radius 1 is 1.52 bits per heavy atom. The monoisotopic (exact) mass is 306 g/mol. The topological polar surface area (TPSA) is 84.3 Å². The number of ether oxygens (including phenoxy) is 1. The van der Waals surface area contributed by atoms with Gasteiger partial charge in [-0.15, -0.1) is 0 Å². The third kappa shape index (κ3) is 2.62. The van der Waals surface area contributed by atoms with Gasteiger partial charge in [0.15, 0.2) is 4.77 Å². The number of hydrogen-bond acceptors (Lipinski definition) is 4. The van der Waals surface area contributed by atoms with Crippen LogP contribution in [0.3, 0.4) is 0 Å². The number of carboxylic acids is 1. The summed E-state index contributed by atoms with van der Waals surface area (Å²) in [5.41, 5.74) is 0.333. The predicted octanol–water partition coefficient (Wildman–Crippen LogP) is 1.94. The first-order chi connectivity index (χ1) is 10.1. The van der Waals surface area contributed by atoms with Crippen LogP contribution in [0.4, 0.5) is 0 Å². The van der Waals surface area contributed by atoms with Crippen molar-refractivity contribution in [2.75, 3.05) is 6.61 Å². The molecule has 7 heteroatoms. The summed E-state index contributed by atoms with van der Waals surface area (Å²) < 4.78 is 7.30. The number of benzene rings is 1. The van der Waals surface area contributed by atoms with Crippen molar-refractivity contribution in [2.45, 2.75) is 25.5 Å². The maximum atomic E-state index is 12.5. The van der Waals surface area contributed by atoms with Crippen LogP contribution in [-0.2, 0) is 11.3 Å². The number of carbonyl (C=O) groups is 1. The summed E-state index contributed by atoms with van der Waals surface area (Å²) in [4.78, 5) is 26.4. The fourth-order valence-electron chi connectivity index (χ4n) is 2.55. The van der Waals surface area contributed by atoms with Gasteiger partial charge in [0, 0.05) is 6.61 Å². The molecule has 1 saturated heterocycles. The van der Waals surface area contributed by atoms with Crippen molar-refractivity contribution in [1.29, 1.82) is 0 Å². The maximum absolute atomic E-state index is 12.5. The molecule has 2 aromatic rings. The molecule has 2 N–H and O–H groups in total. The standard InChI is InChI=1S/C14H14N2O4S/c17-12-10-4-3-8(13(18)19)6-11(10)15-14(21)16(12)7-9-2-1-5-20-9/h3-4,6,9H,1-2,5,7H2,(H,15,21)(H,18,19)/t9-/m0/s1. The quantitative estimate of drug-likeness (QED) is 0.847. The first-order valence-electron chi connectivity index (χ1n) is 6.68. The van der Waals surface area contributed by atoms with Gasteiger partial charge in [0.05, 0.1) is 29.1 Å². The van der Waals surface area contributed by atoms with Crippen LogP contribution < -0.4 is 5.56 Å². The maximum Gasteiger partial charge on any atom is 0.335 e. The number of rotatable bonds is 3. The molecular formula is C14H14N2O4S. The molecule has 0 amide bonds. The van der Waals surface area contributed by atoms with Crippen molar-refractivity contribution < 1.29 is 14.6 Å². The lowest BCUT2D eigenvalue weighted by molar-refractivity contribution is 0.0697. The molecule has 1 aliphatic rings. The summed E-state index contributed by atoms with van der Waals surface area (Å²) >= 11 is 5.21. The normalized spacial score (nSPS) is 18.2. The molecule has 1 aliphatic heterocycles. The summed E-state index contributed by atoms with van der Waals surface area (Å²) in [5.74, 6) is -1.04. The highest BCUT2D eigenvalue weighted by atomic mass is 32.1. The highest BCUT2D eigenvalue weighted by Gasteiger charge is 2.18. The second-order valence-electron chi connectivity index (χ2n) is 5.05. The van der Waals surface area contributed by atoms with E-state index >= 15 is 0 Å². The van der Waals surface area contributed by atoms with Gasteiger partial charge in [0.1, 0.15) is 0 Å². The summed E-state index contributed by atoms with van der Waals surface area (Å²) in [6, 6.07) is 4.35. The minimum atomic E-state index is -1.04. The number of nitrogens with zero attached hydrogens (tertiary/aromatic N) is 1. The molecule has 110 valence electrons. The molecule has 21 heavy (non-hydrogen) atoms. The van der Waals surface area contributed by atoms with Crippen LogP contribution >= 0.6 is 12.2 Å². The van der Waals surface area contributed by atoms with E-state index in [1.807, 2.05) is 0 Å². The predicted molar refractivity (Wildman–Crippen MR) is 79.3 cm³/mol. The van der Waals surface area contributed by atoms with Gasteiger partial charge in [-0.2, -0.15) is 0 Å². The second kappa shape index (κ2) is 5.42. The fourth-order valence-corrected chi connectivity index (χ4v) is 2.81. The molecule has 0 unspecified atom stereocenters. The smallest absolute Gasteiger partial charge is 0.335 e. The van der Waals surface area contributed by atoms with E-state index in [0.717, 1.165) is 12.8 Å². The molecule has 3 rings (SSSR count). The van der Waals surface area contributed by atoms with Gasteiger partial charge in [-0.05, 0) is 43.3 Å². The molecule has 6 nitrogen and oxygen atoms in total. The van der Waals surface area contributed by atoms with E-state index in [0.29, 0.717) is 24.1 Å². The van der Waals surface area contributed by atoms with Crippen LogP contribution in [-0.4, -0.2) is 33.3 Å². The number of fused-ring (bicyclic) bond motifs is 1. The summed E-state index contributed by atoms with van der Waals surface area (Å²) in [6.07, 6.45) is 1.91. The molecule has 1 aromatic carbocycles. The van der Waals surface area contributed by atoms with Crippen molar-refractivity contribution in [3.8, 4) is 0 Å². The lowest BCUT2D eigenvalue weighted by Gasteiger charge is -2.13. The Balaban J connectivity index is 2.10. The van der Waals surface area contributed by atoms with Gasteiger partial charge in [0.25, 0.3) is 5.56 Å². The first-order valence-corrected chi connectivity index (χ1v) is 7.09. The number of aromatic amines is 1. The highest BCUT2D eigenvalue weighted by Crippen LogP contribution is 2.15. The number of H-pyrrole nitrogens is 1. The van der Waals surface area contributed by atoms with Crippen molar-refractivity contribution in [1.82, 2.24) is 9.55 Å². The van der Waals surface area contributed by atoms with E-state index in [2.05, 4.69) is 4.98 Å². The Morgan fingerprint density at radius 3 is 3.00 bits per heavy atom. The van der Waals surface area contributed by atoms with Crippen molar-refractivity contribution in [3.05, 3.63) is 38.9 Å².